The second-order valence-corrected chi connectivity index (χ2v) is 4.91. The molecule has 3 nitrogen and oxygen atoms in total. The summed E-state index contributed by atoms with van der Waals surface area (Å²) < 4.78 is 7.62. The number of para-hydroxylation sites is 1. The smallest absolute Gasteiger partial charge is 0.146 e. The number of halogens is 1. The first-order chi connectivity index (χ1) is 8.26. The van der Waals surface area contributed by atoms with Crippen molar-refractivity contribution in [2.75, 3.05) is 7.11 Å². The van der Waals surface area contributed by atoms with Crippen molar-refractivity contribution in [2.24, 2.45) is 5.92 Å². The molecule has 0 saturated heterocycles. The number of rotatable bonds is 3. The highest BCUT2D eigenvalue weighted by atomic mass is 35.5. The SMILES string of the molecule is COc1cccc2c1nc(CCl)n2C1CC1C. The summed E-state index contributed by atoms with van der Waals surface area (Å²) in [5.74, 6) is 2.93. The number of nitrogens with zero attached hydrogens (tertiary/aromatic N) is 2. The highest BCUT2D eigenvalue weighted by Gasteiger charge is 2.37. The van der Waals surface area contributed by atoms with Gasteiger partial charge >= 0.3 is 0 Å². The van der Waals surface area contributed by atoms with Crippen LogP contribution in [0.5, 0.6) is 5.75 Å². The van der Waals surface area contributed by atoms with Crippen LogP contribution in [0.25, 0.3) is 11.0 Å². The monoisotopic (exact) mass is 250 g/mol. The van der Waals surface area contributed by atoms with E-state index < -0.39 is 0 Å². The molecule has 2 aromatic rings. The number of methoxy groups -OCH3 is 1. The molecule has 2 atom stereocenters. The van der Waals surface area contributed by atoms with Crippen LogP contribution in [0.15, 0.2) is 18.2 Å². The van der Waals surface area contributed by atoms with Crippen molar-refractivity contribution in [1.82, 2.24) is 9.55 Å². The van der Waals surface area contributed by atoms with E-state index in [-0.39, 0.29) is 0 Å². The van der Waals surface area contributed by atoms with E-state index in [9.17, 15) is 0 Å². The number of imidazole rings is 1. The standard InChI is InChI=1S/C13H15ClN2O/c1-8-6-10(8)16-9-4-3-5-11(17-2)13(9)15-12(16)7-14/h3-5,8,10H,6-7H2,1-2H3. The van der Waals surface area contributed by atoms with Gasteiger partial charge in [0.25, 0.3) is 0 Å². The predicted molar refractivity (Wildman–Crippen MR) is 68.7 cm³/mol. The van der Waals surface area contributed by atoms with Crippen LogP contribution < -0.4 is 4.74 Å². The summed E-state index contributed by atoms with van der Waals surface area (Å²) in [6, 6.07) is 6.59. The van der Waals surface area contributed by atoms with Gasteiger partial charge in [-0.15, -0.1) is 11.6 Å². The zero-order valence-electron chi connectivity index (χ0n) is 9.98. The number of aromatic nitrogens is 2. The normalized spacial score (nSPS) is 23.0. The van der Waals surface area contributed by atoms with Gasteiger partial charge in [0.15, 0.2) is 0 Å². The second kappa shape index (κ2) is 3.91. The Kier molecular flexibility index (Phi) is 2.51. The highest BCUT2D eigenvalue weighted by molar-refractivity contribution is 6.16. The van der Waals surface area contributed by atoms with Crippen molar-refractivity contribution in [3.63, 3.8) is 0 Å². The quantitative estimate of drug-likeness (QED) is 0.781. The first kappa shape index (κ1) is 10.9. The lowest BCUT2D eigenvalue weighted by atomic mass is 10.3. The Morgan fingerprint density at radius 1 is 1.53 bits per heavy atom. The van der Waals surface area contributed by atoms with Gasteiger partial charge in [-0.3, -0.25) is 0 Å². The maximum atomic E-state index is 5.99. The van der Waals surface area contributed by atoms with Crippen LogP contribution in [0.2, 0.25) is 0 Å². The van der Waals surface area contributed by atoms with Crippen LogP contribution in [-0.4, -0.2) is 16.7 Å². The van der Waals surface area contributed by atoms with Crippen molar-refractivity contribution in [1.29, 1.82) is 0 Å². The first-order valence-corrected chi connectivity index (χ1v) is 6.39. The van der Waals surface area contributed by atoms with Gasteiger partial charge in [-0.25, -0.2) is 4.98 Å². The minimum atomic E-state index is 0.445. The average molecular weight is 251 g/mol. The molecule has 0 spiro atoms. The molecule has 2 unspecified atom stereocenters. The summed E-state index contributed by atoms with van der Waals surface area (Å²) in [7, 11) is 1.67. The number of hydrogen-bond donors (Lipinski definition) is 0. The van der Waals surface area contributed by atoms with E-state index in [2.05, 4.69) is 22.5 Å². The Morgan fingerprint density at radius 2 is 2.29 bits per heavy atom. The van der Waals surface area contributed by atoms with Crippen LogP contribution in [0, 0.1) is 5.92 Å². The highest BCUT2D eigenvalue weighted by Crippen LogP contribution is 2.46. The van der Waals surface area contributed by atoms with Gasteiger partial charge in [0, 0.05) is 6.04 Å². The molecule has 1 aliphatic rings. The second-order valence-electron chi connectivity index (χ2n) is 4.64. The maximum absolute atomic E-state index is 5.99. The lowest BCUT2D eigenvalue weighted by Crippen LogP contribution is -2.00. The summed E-state index contributed by atoms with van der Waals surface area (Å²) >= 11 is 5.99. The summed E-state index contributed by atoms with van der Waals surface area (Å²) in [6.07, 6.45) is 1.21. The molecule has 0 radical (unpaired) electrons. The largest absolute Gasteiger partial charge is 0.494 e. The van der Waals surface area contributed by atoms with Crippen molar-refractivity contribution in [3.8, 4) is 5.75 Å². The molecule has 1 aromatic heterocycles. The molecule has 90 valence electrons. The Balaban J connectivity index is 2.24. The van der Waals surface area contributed by atoms with E-state index >= 15 is 0 Å². The van der Waals surface area contributed by atoms with E-state index in [1.54, 1.807) is 7.11 Å². The topological polar surface area (TPSA) is 27.1 Å². The first-order valence-electron chi connectivity index (χ1n) is 5.86. The third kappa shape index (κ3) is 1.61. The Bertz CT molecular complexity index is 564. The zero-order valence-corrected chi connectivity index (χ0v) is 10.7. The van der Waals surface area contributed by atoms with E-state index in [4.69, 9.17) is 16.3 Å². The molecule has 1 fully saturated rings. The minimum Gasteiger partial charge on any atom is -0.494 e. The summed E-state index contributed by atoms with van der Waals surface area (Å²) in [5, 5.41) is 0. The van der Waals surface area contributed by atoms with Gasteiger partial charge < -0.3 is 9.30 Å². The van der Waals surface area contributed by atoms with Crippen molar-refractivity contribution in [3.05, 3.63) is 24.0 Å². The van der Waals surface area contributed by atoms with E-state index in [0.717, 1.165) is 28.5 Å². The third-order valence-electron chi connectivity index (χ3n) is 3.49. The number of alkyl halides is 1. The fourth-order valence-electron chi connectivity index (χ4n) is 2.43. The molecule has 4 heteroatoms. The Labute approximate surface area is 105 Å². The van der Waals surface area contributed by atoms with Crippen molar-refractivity contribution < 1.29 is 4.74 Å². The molecule has 1 aliphatic carbocycles. The van der Waals surface area contributed by atoms with Crippen LogP contribution >= 0.6 is 11.6 Å². The van der Waals surface area contributed by atoms with Crippen LogP contribution in [0.1, 0.15) is 25.2 Å². The van der Waals surface area contributed by atoms with Gasteiger partial charge in [-0.2, -0.15) is 0 Å². The Morgan fingerprint density at radius 3 is 2.88 bits per heavy atom. The minimum absolute atomic E-state index is 0.445. The summed E-state index contributed by atoms with van der Waals surface area (Å²) in [5.41, 5.74) is 2.05. The van der Waals surface area contributed by atoms with Crippen LogP contribution in [-0.2, 0) is 5.88 Å². The predicted octanol–water partition coefficient (Wildman–Crippen LogP) is 3.36. The summed E-state index contributed by atoms with van der Waals surface area (Å²) in [6.45, 7) is 2.26. The molecular weight excluding hydrogens is 236 g/mol. The Hall–Kier alpha value is -1.22. The fraction of sp³-hybridized carbons (Fsp3) is 0.462. The molecule has 0 N–H and O–H groups in total. The number of benzene rings is 1. The van der Waals surface area contributed by atoms with Crippen LogP contribution in [0.3, 0.4) is 0 Å². The molecule has 17 heavy (non-hydrogen) atoms. The van der Waals surface area contributed by atoms with E-state index in [1.807, 2.05) is 12.1 Å². The number of ether oxygens (including phenoxy) is 1. The van der Waals surface area contributed by atoms with Gasteiger partial charge in [-0.05, 0) is 24.5 Å². The van der Waals surface area contributed by atoms with Gasteiger partial charge in [0.1, 0.15) is 17.1 Å². The molecule has 1 aromatic carbocycles. The van der Waals surface area contributed by atoms with Crippen LogP contribution in [0.4, 0.5) is 0 Å². The van der Waals surface area contributed by atoms with Gasteiger partial charge in [-0.1, -0.05) is 13.0 Å². The van der Waals surface area contributed by atoms with Gasteiger partial charge in [0.2, 0.25) is 0 Å². The van der Waals surface area contributed by atoms with Crippen molar-refractivity contribution >= 4 is 22.6 Å². The number of fused-ring (bicyclic) bond motifs is 1. The average Bonchev–Trinajstić information content (AvgIpc) is 2.93. The van der Waals surface area contributed by atoms with Gasteiger partial charge in [0.05, 0.1) is 18.5 Å². The summed E-state index contributed by atoms with van der Waals surface area (Å²) in [4.78, 5) is 4.60. The molecule has 0 bridgehead atoms. The fourth-order valence-corrected chi connectivity index (χ4v) is 2.62. The van der Waals surface area contributed by atoms with E-state index in [1.165, 1.54) is 6.42 Å². The lowest BCUT2D eigenvalue weighted by Gasteiger charge is -2.06. The third-order valence-corrected chi connectivity index (χ3v) is 3.73. The molecule has 1 heterocycles. The molecule has 0 amide bonds. The molecule has 1 saturated carbocycles. The van der Waals surface area contributed by atoms with Crippen molar-refractivity contribution in [2.45, 2.75) is 25.3 Å². The molecule has 0 aliphatic heterocycles. The molecular formula is C13H15ClN2O. The zero-order chi connectivity index (χ0) is 12.0. The molecule has 3 rings (SSSR count). The van der Waals surface area contributed by atoms with E-state index in [0.29, 0.717) is 11.9 Å². The lowest BCUT2D eigenvalue weighted by molar-refractivity contribution is 0.419. The number of hydrogen-bond acceptors (Lipinski definition) is 2. The maximum Gasteiger partial charge on any atom is 0.146 e.